The third-order valence-electron chi connectivity index (χ3n) is 0.592. The molecule has 1 N–H and O–H groups in total. The molecule has 0 bridgehead atoms. The van der Waals surface area contributed by atoms with Crippen molar-refractivity contribution in [2.24, 2.45) is 0 Å². The van der Waals surface area contributed by atoms with Gasteiger partial charge in [0.25, 0.3) is 5.91 Å². The van der Waals surface area contributed by atoms with E-state index >= 15 is 0 Å². The molecule has 0 aromatic rings. The minimum atomic E-state index is -0.144. The Bertz CT molecular complexity index is 153. The van der Waals surface area contributed by atoms with Crippen LogP contribution in [0.1, 0.15) is 0 Å². The number of halogens is 3. The number of carbonyl (C=O) groups is 1. The minimum Gasteiger partial charge on any atom is -0.355 e. The number of hydrogen-bond acceptors (Lipinski definition) is 1. The Morgan fingerprint density at radius 3 is 2.11 bits per heavy atom. The summed E-state index contributed by atoms with van der Waals surface area (Å²) in [6.07, 6.45) is 0. The van der Waals surface area contributed by atoms with Gasteiger partial charge in [-0.15, -0.1) is 0 Å². The summed E-state index contributed by atoms with van der Waals surface area (Å²) < 4.78 is 1.02. The largest absolute Gasteiger partial charge is 0.355 e. The predicted octanol–water partition coefficient (Wildman–Crippen LogP) is 2.01. The van der Waals surface area contributed by atoms with Crippen molar-refractivity contribution in [1.29, 1.82) is 0 Å². The van der Waals surface area contributed by atoms with Gasteiger partial charge in [0.05, 0.1) is 3.04 Å². The number of likely N-dealkylation sites (N-methyl/N-ethyl adjacent to an activating group) is 1. The van der Waals surface area contributed by atoms with E-state index in [4.69, 9.17) is 11.6 Å². The number of rotatable bonds is 1. The lowest BCUT2D eigenvalue weighted by molar-refractivity contribution is -0.116. The second-order valence-electron chi connectivity index (χ2n) is 1.15. The maximum Gasteiger partial charge on any atom is 0.259 e. The smallest absolute Gasteiger partial charge is 0.259 e. The first-order valence-electron chi connectivity index (χ1n) is 2.02. The maximum absolute atomic E-state index is 10.7. The second kappa shape index (κ2) is 4.73. The second-order valence-corrected chi connectivity index (χ2v) is 4.33. The van der Waals surface area contributed by atoms with Crippen LogP contribution in [0.5, 0.6) is 0 Å². The van der Waals surface area contributed by atoms with Crippen LogP contribution < -0.4 is 5.32 Å². The van der Waals surface area contributed by atoms with Gasteiger partial charge in [0, 0.05) is 7.05 Å². The van der Waals surface area contributed by atoms with Gasteiger partial charge in [0.1, 0.15) is 3.58 Å². The Kier molecular flexibility index (Phi) is 5.23. The van der Waals surface area contributed by atoms with Gasteiger partial charge >= 0.3 is 0 Å². The highest BCUT2D eigenvalue weighted by Crippen LogP contribution is 2.22. The molecule has 0 spiro atoms. The molecule has 1 amide bonds. The fourth-order valence-corrected chi connectivity index (χ4v) is 0.796. The highest BCUT2D eigenvalue weighted by atomic mass is 127. The standard InChI is InChI=1S/C4H4ClI2NO/c1-8-4(9)2(6)3(5)7/h1H3,(H,8,9)/b3-2+. The Hall–Kier alpha value is 0.960. The monoisotopic (exact) mass is 371 g/mol. The zero-order valence-corrected chi connectivity index (χ0v) is 9.61. The molecule has 0 heterocycles. The zero-order chi connectivity index (χ0) is 7.44. The molecular formula is C4H4ClI2NO. The molecule has 5 heteroatoms. The van der Waals surface area contributed by atoms with Gasteiger partial charge in [-0.05, 0) is 45.2 Å². The first kappa shape index (κ1) is 9.96. The molecule has 0 rings (SSSR count). The molecule has 2 nitrogen and oxygen atoms in total. The Labute approximate surface area is 85.7 Å². The lowest BCUT2D eigenvalue weighted by Crippen LogP contribution is -2.17. The number of nitrogens with one attached hydrogen (secondary N) is 1. The lowest BCUT2D eigenvalue weighted by Gasteiger charge is -1.95. The van der Waals surface area contributed by atoms with Crippen LogP contribution in [0.4, 0.5) is 0 Å². The van der Waals surface area contributed by atoms with Gasteiger partial charge in [-0.3, -0.25) is 4.79 Å². The summed E-state index contributed by atoms with van der Waals surface area (Å²) in [6, 6.07) is 0. The molecule has 0 fully saturated rings. The molecule has 0 aromatic carbocycles. The molecule has 9 heavy (non-hydrogen) atoms. The van der Waals surface area contributed by atoms with Crippen molar-refractivity contribution in [3.63, 3.8) is 0 Å². The first-order valence-corrected chi connectivity index (χ1v) is 4.56. The molecule has 0 aliphatic carbocycles. The molecule has 0 unspecified atom stereocenters. The average molecular weight is 371 g/mol. The number of amides is 1. The van der Waals surface area contributed by atoms with Crippen LogP contribution in [0.3, 0.4) is 0 Å². The van der Waals surface area contributed by atoms with Crippen molar-refractivity contribution >= 4 is 62.7 Å². The maximum atomic E-state index is 10.7. The fourth-order valence-electron chi connectivity index (χ4n) is 0.196. The molecule has 52 valence electrons. The first-order chi connectivity index (χ1) is 4.09. The molecule has 0 aliphatic rings. The van der Waals surface area contributed by atoms with E-state index in [0.717, 1.165) is 0 Å². The van der Waals surface area contributed by atoms with Crippen LogP contribution in [0.25, 0.3) is 0 Å². The van der Waals surface area contributed by atoms with E-state index in [2.05, 4.69) is 5.32 Å². The van der Waals surface area contributed by atoms with Crippen LogP contribution in [0.2, 0.25) is 0 Å². The van der Waals surface area contributed by atoms with Crippen molar-refractivity contribution in [3.05, 3.63) is 6.62 Å². The highest BCUT2D eigenvalue weighted by molar-refractivity contribution is 14.1. The number of hydrogen-bond donors (Lipinski definition) is 1. The van der Waals surface area contributed by atoms with E-state index in [9.17, 15) is 4.79 Å². The fraction of sp³-hybridized carbons (Fsp3) is 0.250. The quantitative estimate of drug-likeness (QED) is 0.555. The summed E-state index contributed by atoms with van der Waals surface area (Å²) in [7, 11) is 1.57. The van der Waals surface area contributed by atoms with Crippen molar-refractivity contribution in [1.82, 2.24) is 5.32 Å². The lowest BCUT2D eigenvalue weighted by atomic mass is 10.6. The average Bonchev–Trinajstić information content (AvgIpc) is 1.84. The molecule has 0 atom stereocenters. The third-order valence-corrected chi connectivity index (χ3v) is 3.70. The third kappa shape index (κ3) is 3.61. The van der Waals surface area contributed by atoms with Gasteiger partial charge in [0.2, 0.25) is 0 Å². The molecule has 0 saturated heterocycles. The van der Waals surface area contributed by atoms with Crippen molar-refractivity contribution < 1.29 is 4.79 Å². The van der Waals surface area contributed by atoms with E-state index < -0.39 is 0 Å². The normalized spacial score (nSPS) is 12.4. The van der Waals surface area contributed by atoms with Crippen LogP contribution in [-0.4, -0.2) is 13.0 Å². The van der Waals surface area contributed by atoms with Gasteiger partial charge in [-0.1, -0.05) is 11.6 Å². The van der Waals surface area contributed by atoms with E-state index in [-0.39, 0.29) is 5.91 Å². The van der Waals surface area contributed by atoms with Gasteiger partial charge in [-0.25, -0.2) is 0 Å². The molecule has 0 saturated carbocycles. The summed E-state index contributed by atoms with van der Waals surface area (Å²) >= 11 is 9.27. The molecule has 0 aliphatic heterocycles. The van der Waals surface area contributed by atoms with E-state index in [0.29, 0.717) is 6.62 Å². The van der Waals surface area contributed by atoms with Gasteiger partial charge in [-0.2, -0.15) is 0 Å². The molecule has 0 aromatic heterocycles. The Morgan fingerprint density at radius 2 is 2.00 bits per heavy atom. The molecular weight excluding hydrogens is 367 g/mol. The van der Waals surface area contributed by atoms with Gasteiger partial charge < -0.3 is 5.32 Å². The van der Waals surface area contributed by atoms with Crippen LogP contribution in [-0.2, 0) is 4.79 Å². The summed E-state index contributed by atoms with van der Waals surface area (Å²) in [5.41, 5.74) is 0. The zero-order valence-electron chi connectivity index (χ0n) is 4.54. The minimum absolute atomic E-state index is 0.144. The number of carbonyl (C=O) groups excluding carboxylic acids is 1. The van der Waals surface area contributed by atoms with Crippen molar-refractivity contribution in [2.45, 2.75) is 0 Å². The SMILES string of the molecule is CNC(=O)/C(I)=C(/Cl)I. The summed E-state index contributed by atoms with van der Waals surface area (Å²) in [5, 5.41) is 2.45. The van der Waals surface area contributed by atoms with E-state index in [1.54, 1.807) is 7.05 Å². The van der Waals surface area contributed by atoms with E-state index in [1.165, 1.54) is 0 Å². The van der Waals surface area contributed by atoms with Crippen molar-refractivity contribution in [2.75, 3.05) is 7.05 Å². The summed E-state index contributed by atoms with van der Waals surface area (Å²) in [5.74, 6) is -0.144. The topological polar surface area (TPSA) is 29.1 Å². The molecule has 0 radical (unpaired) electrons. The van der Waals surface area contributed by atoms with Crippen LogP contribution in [0, 0.1) is 0 Å². The summed E-state index contributed by atoms with van der Waals surface area (Å²) in [4.78, 5) is 10.7. The highest BCUT2D eigenvalue weighted by Gasteiger charge is 2.05. The Morgan fingerprint density at radius 1 is 1.56 bits per heavy atom. The Balaban J connectivity index is 4.21. The van der Waals surface area contributed by atoms with Gasteiger partial charge in [0.15, 0.2) is 0 Å². The van der Waals surface area contributed by atoms with Crippen molar-refractivity contribution in [3.8, 4) is 0 Å². The predicted molar refractivity (Wildman–Crippen MR) is 55.0 cm³/mol. The van der Waals surface area contributed by atoms with E-state index in [1.807, 2.05) is 45.2 Å². The van der Waals surface area contributed by atoms with Crippen LogP contribution >= 0.6 is 56.8 Å². The van der Waals surface area contributed by atoms with Crippen LogP contribution in [0.15, 0.2) is 6.62 Å². The summed E-state index contributed by atoms with van der Waals surface area (Å²) in [6.45, 7) is 0.